The molecule has 25 heavy (non-hydrogen) atoms. The fourth-order valence-corrected chi connectivity index (χ4v) is 4.66. The van der Waals surface area contributed by atoms with E-state index in [1.165, 1.54) is 22.0 Å². The van der Waals surface area contributed by atoms with Crippen LogP contribution < -0.4 is 0 Å². The van der Waals surface area contributed by atoms with Gasteiger partial charge in [0.2, 0.25) is 10.0 Å². The van der Waals surface area contributed by atoms with Crippen LogP contribution in [-0.4, -0.2) is 50.3 Å². The van der Waals surface area contributed by atoms with Crippen molar-refractivity contribution in [2.45, 2.75) is 18.2 Å². The monoisotopic (exact) mass is 362 g/mol. The Morgan fingerprint density at radius 1 is 1.00 bits per heavy atom. The van der Waals surface area contributed by atoms with Gasteiger partial charge >= 0.3 is 0 Å². The molecule has 0 unspecified atom stereocenters. The zero-order chi connectivity index (χ0) is 17.9. The van der Waals surface area contributed by atoms with Crippen LogP contribution in [0.2, 0.25) is 0 Å². The largest absolute Gasteiger partial charge is 0.300 e. The third kappa shape index (κ3) is 4.45. The molecule has 6 heteroatoms. The molecule has 1 fully saturated rings. The number of sulfonamides is 1. The topological polar surface area (TPSA) is 40.6 Å². The minimum Gasteiger partial charge on any atom is -0.300 e. The van der Waals surface area contributed by atoms with Gasteiger partial charge in [0.05, 0.1) is 4.90 Å². The normalized spacial score (nSPS) is 16.9. The second kappa shape index (κ2) is 7.64. The Morgan fingerprint density at radius 2 is 1.68 bits per heavy atom. The first-order chi connectivity index (χ1) is 11.9. The van der Waals surface area contributed by atoms with E-state index in [4.69, 9.17) is 0 Å². The Bertz CT molecular complexity index is 796. The van der Waals surface area contributed by atoms with Crippen molar-refractivity contribution in [1.82, 2.24) is 9.21 Å². The summed E-state index contributed by atoms with van der Waals surface area (Å²) in [5.41, 5.74) is 1.90. The van der Waals surface area contributed by atoms with E-state index in [0.717, 1.165) is 19.0 Å². The Labute approximate surface area is 148 Å². The number of benzene rings is 2. The standard InChI is InChI=1S/C19H23FN2O2S/c1-16-13-18(20)15-19(14-16)25(23,24)22-11-9-21(10-12-22)8-7-17-5-3-2-4-6-17/h2-6,13-15H,7-12H2,1H3. The van der Waals surface area contributed by atoms with E-state index in [-0.39, 0.29) is 4.90 Å². The SMILES string of the molecule is Cc1cc(F)cc(S(=O)(=O)N2CCN(CCc3ccccc3)CC2)c1. The van der Waals surface area contributed by atoms with Crippen molar-refractivity contribution in [3.63, 3.8) is 0 Å². The molecule has 0 radical (unpaired) electrons. The third-order valence-corrected chi connectivity index (χ3v) is 6.42. The molecule has 0 aromatic heterocycles. The van der Waals surface area contributed by atoms with Crippen LogP contribution >= 0.6 is 0 Å². The summed E-state index contributed by atoms with van der Waals surface area (Å²) >= 11 is 0. The Hall–Kier alpha value is -1.76. The van der Waals surface area contributed by atoms with Crippen LogP contribution in [0.25, 0.3) is 0 Å². The van der Waals surface area contributed by atoms with Gasteiger partial charge in [-0.05, 0) is 42.7 Å². The smallest absolute Gasteiger partial charge is 0.243 e. The van der Waals surface area contributed by atoms with Gasteiger partial charge in [-0.3, -0.25) is 0 Å². The highest BCUT2D eigenvalue weighted by molar-refractivity contribution is 7.89. The van der Waals surface area contributed by atoms with Gasteiger partial charge < -0.3 is 4.90 Å². The minimum atomic E-state index is -3.63. The van der Waals surface area contributed by atoms with Crippen molar-refractivity contribution in [2.75, 3.05) is 32.7 Å². The summed E-state index contributed by atoms with van der Waals surface area (Å²) in [6.45, 7) is 4.88. The molecule has 0 bridgehead atoms. The Balaban J connectivity index is 1.59. The fraction of sp³-hybridized carbons (Fsp3) is 0.368. The molecule has 134 valence electrons. The van der Waals surface area contributed by atoms with Crippen LogP contribution in [0.4, 0.5) is 4.39 Å². The molecular formula is C19H23FN2O2S. The second-order valence-corrected chi connectivity index (χ2v) is 8.38. The van der Waals surface area contributed by atoms with E-state index in [0.29, 0.717) is 31.7 Å². The highest BCUT2D eigenvalue weighted by Gasteiger charge is 2.28. The third-order valence-electron chi connectivity index (χ3n) is 4.54. The maximum atomic E-state index is 13.6. The fourth-order valence-electron chi connectivity index (χ4n) is 3.13. The Morgan fingerprint density at radius 3 is 2.32 bits per heavy atom. The highest BCUT2D eigenvalue weighted by Crippen LogP contribution is 2.20. The molecule has 0 atom stereocenters. The lowest BCUT2D eigenvalue weighted by molar-refractivity contribution is 0.190. The Kier molecular flexibility index (Phi) is 5.51. The molecule has 4 nitrogen and oxygen atoms in total. The van der Waals surface area contributed by atoms with E-state index >= 15 is 0 Å². The molecule has 0 aliphatic carbocycles. The van der Waals surface area contributed by atoms with Gasteiger partial charge in [0.15, 0.2) is 0 Å². The zero-order valence-corrected chi connectivity index (χ0v) is 15.2. The van der Waals surface area contributed by atoms with Gasteiger partial charge in [-0.1, -0.05) is 30.3 Å². The van der Waals surface area contributed by atoms with E-state index < -0.39 is 15.8 Å². The predicted octanol–water partition coefficient (Wildman–Crippen LogP) is 2.68. The molecule has 2 aromatic rings. The van der Waals surface area contributed by atoms with Crippen molar-refractivity contribution < 1.29 is 12.8 Å². The molecule has 0 saturated carbocycles. The van der Waals surface area contributed by atoms with Gasteiger partial charge in [-0.15, -0.1) is 0 Å². The quantitative estimate of drug-likeness (QED) is 0.821. The molecular weight excluding hydrogens is 339 g/mol. The van der Waals surface area contributed by atoms with Crippen LogP contribution in [0.3, 0.4) is 0 Å². The van der Waals surface area contributed by atoms with Gasteiger partial charge in [-0.25, -0.2) is 12.8 Å². The first kappa shape index (κ1) is 18.0. The molecule has 1 aliphatic heterocycles. The van der Waals surface area contributed by atoms with Gasteiger partial charge in [0.25, 0.3) is 0 Å². The number of nitrogens with zero attached hydrogens (tertiary/aromatic N) is 2. The van der Waals surface area contributed by atoms with E-state index in [1.54, 1.807) is 6.92 Å². The van der Waals surface area contributed by atoms with Crippen molar-refractivity contribution in [1.29, 1.82) is 0 Å². The zero-order valence-electron chi connectivity index (χ0n) is 14.4. The lowest BCUT2D eigenvalue weighted by atomic mass is 10.1. The van der Waals surface area contributed by atoms with E-state index in [1.807, 2.05) is 18.2 Å². The van der Waals surface area contributed by atoms with Gasteiger partial charge in [0.1, 0.15) is 5.82 Å². The molecule has 0 spiro atoms. The maximum absolute atomic E-state index is 13.6. The van der Waals surface area contributed by atoms with Crippen molar-refractivity contribution in [2.24, 2.45) is 0 Å². The van der Waals surface area contributed by atoms with Crippen LogP contribution in [0.15, 0.2) is 53.4 Å². The number of aryl methyl sites for hydroxylation is 1. The number of rotatable bonds is 5. The minimum absolute atomic E-state index is 0.0442. The van der Waals surface area contributed by atoms with Crippen molar-refractivity contribution in [3.8, 4) is 0 Å². The summed E-state index contributed by atoms with van der Waals surface area (Å²) in [5.74, 6) is -0.514. The van der Waals surface area contributed by atoms with Crippen molar-refractivity contribution in [3.05, 3.63) is 65.5 Å². The number of halogens is 1. The molecule has 1 heterocycles. The number of piperazine rings is 1. The van der Waals surface area contributed by atoms with Gasteiger partial charge in [0, 0.05) is 32.7 Å². The molecule has 0 amide bonds. The predicted molar refractivity (Wildman–Crippen MR) is 96.5 cm³/mol. The highest BCUT2D eigenvalue weighted by atomic mass is 32.2. The average molecular weight is 362 g/mol. The summed E-state index contributed by atoms with van der Waals surface area (Å²) in [6, 6.07) is 14.2. The van der Waals surface area contributed by atoms with Gasteiger partial charge in [-0.2, -0.15) is 4.31 Å². The van der Waals surface area contributed by atoms with Crippen LogP contribution in [0.1, 0.15) is 11.1 Å². The first-order valence-corrected chi connectivity index (χ1v) is 9.93. The molecule has 1 aliphatic rings. The second-order valence-electron chi connectivity index (χ2n) is 6.45. The number of hydrogen-bond acceptors (Lipinski definition) is 3. The molecule has 2 aromatic carbocycles. The first-order valence-electron chi connectivity index (χ1n) is 8.49. The molecule has 0 N–H and O–H groups in total. The summed E-state index contributed by atoms with van der Waals surface area (Å²) in [7, 11) is -3.63. The van der Waals surface area contributed by atoms with Crippen LogP contribution in [0, 0.1) is 12.7 Å². The summed E-state index contributed by atoms with van der Waals surface area (Å²) in [5, 5.41) is 0. The van der Waals surface area contributed by atoms with E-state index in [2.05, 4.69) is 17.0 Å². The lowest BCUT2D eigenvalue weighted by Gasteiger charge is -2.34. The average Bonchev–Trinajstić information content (AvgIpc) is 2.60. The van der Waals surface area contributed by atoms with E-state index in [9.17, 15) is 12.8 Å². The summed E-state index contributed by atoms with van der Waals surface area (Å²) < 4.78 is 40.5. The number of hydrogen-bond donors (Lipinski definition) is 0. The summed E-state index contributed by atoms with van der Waals surface area (Å²) in [4.78, 5) is 2.32. The molecule has 3 rings (SSSR count). The summed E-state index contributed by atoms with van der Waals surface area (Å²) in [6.07, 6.45) is 0.955. The van der Waals surface area contributed by atoms with Crippen molar-refractivity contribution >= 4 is 10.0 Å². The molecule has 1 saturated heterocycles. The van der Waals surface area contributed by atoms with Crippen LogP contribution in [-0.2, 0) is 16.4 Å². The lowest BCUT2D eigenvalue weighted by Crippen LogP contribution is -2.49. The maximum Gasteiger partial charge on any atom is 0.243 e. The van der Waals surface area contributed by atoms with Crippen LogP contribution in [0.5, 0.6) is 0 Å².